The molecule has 0 amide bonds. The molecule has 0 saturated carbocycles. The van der Waals surface area contributed by atoms with E-state index in [-0.39, 0.29) is 0 Å². The number of benzene rings is 2. The minimum absolute atomic E-state index is 0.669. The SMILES string of the molecule is CCNCCn1c2ccccc2c2ccc(OC/C=C3/CN4CCC3CC4)cc21. The van der Waals surface area contributed by atoms with Crippen molar-refractivity contribution in [1.29, 1.82) is 0 Å². The van der Waals surface area contributed by atoms with Gasteiger partial charge in [-0.1, -0.05) is 30.7 Å². The molecule has 2 aromatic carbocycles. The Morgan fingerprint density at radius 1 is 1.07 bits per heavy atom. The molecule has 1 N–H and O–H groups in total. The fraction of sp³-hybridized carbons (Fsp3) is 0.440. The summed E-state index contributed by atoms with van der Waals surface area (Å²) in [6.07, 6.45) is 4.98. The number of nitrogens with one attached hydrogen (secondary N) is 1. The van der Waals surface area contributed by atoms with Gasteiger partial charge in [0.25, 0.3) is 0 Å². The molecule has 3 fully saturated rings. The van der Waals surface area contributed by atoms with E-state index in [0.717, 1.165) is 37.8 Å². The Kier molecular flexibility index (Phi) is 5.30. The highest BCUT2D eigenvalue weighted by atomic mass is 16.5. The topological polar surface area (TPSA) is 29.4 Å². The average molecular weight is 390 g/mol. The maximum absolute atomic E-state index is 6.18. The van der Waals surface area contributed by atoms with Crippen LogP contribution in [0, 0.1) is 5.92 Å². The van der Waals surface area contributed by atoms with Crippen LogP contribution in [0.15, 0.2) is 54.1 Å². The summed E-state index contributed by atoms with van der Waals surface area (Å²) in [7, 11) is 0. The molecule has 3 aliphatic heterocycles. The highest BCUT2D eigenvalue weighted by Crippen LogP contribution is 2.33. The zero-order valence-corrected chi connectivity index (χ0v) is 17.4. The number of nitrogens with zero attached hydrogens (tertiary/aromatic N) is 2. The van der Waals surface area contributed by atoms with Gasteiger partial charge in [0.15, 0.2) is 0 Å². The fourth-order valence-corrected chi connectivity index (χ4v) is 5.05. The van der Waals surface area contributed by atoms with Gasteiger partial charge in [0.05, 0.1) is 5.52 Å². The molecule has 2 bridgehead atoms. The predicted octanol–water partition coefficient (Wildman–Crippen LogP) is 4.43. The molecular weight excluding hydrogens is 358 g/mol. The van der Waals surface area contributed by atoms with E-state index in [0.29, 0.717) is 6.61 Å². The third-order valence-electron chi connectivity index (χ3n) is 6.62. The molecule has 0 unspecified atom stereocenters. The summed E-state index contributed by atoms with van der Waals surface area (Å²) in [6, 6.07) is 15.3. The molecule has 4 heteroatoms. The van der Waals surface area contributed by atoms with Gasteiger partial charge >= 0.3 is 0 Å². The van der Waals surface area contributed by atoms with Crippen LogP contribution < -0.4 is 10.1 Å². The van der Waals surface area contributed by atoms with Gasteiger partial charge in [-0.15, -0.1) is 0 Å². The normalized spacial score (nSPS) is 22.7. The van der Waals surface area contributed by atoms with Crippen molar-refractivity contribution in [2.24, 2.45) is 5.92 Å². The van der Waals surface area contributed by atoms with Crippen molar-refractivity contribution in [3.8, 4) is 5.75 Å². The van der Waals surface area contributed by atoms with E-state index < -0.39 is 0 Å². The molecule has 3 aliphatic rings. The van der Waals surface area contributed by atoms with Crippen molar-refractivity contribution in [1.82, 2.24) is 14.8 Å². The van der Waals surface area contributed by atoms with Gasteiger partial charge in [0, 0.05) is 42.0 Å². The van der Waals surface area contributed by atoms with Crippen LogP contribution >= 0.6 is 0 Å². The molecule has 0 radical (unpaired) electrons. The summed E-state index contributed by atoms with van der Waals surface area (Å²) in [5, 5.41) is 6.08. The van der Waals surface area contributed by atoms with Crippen LogP contribution in [-0.4, -0.2) is 48.8 Å². The van der Waals surface area contributed by atoms with Crippen molar-refractivity contribution < 1.29 is 4.74 Å². The maximum atomic E-state index is 6.18. The Bertz CT molecular complexity index is 1030. The molecule has 4 heterocycles. The van der Waals surface area contributed by atoms with E-state index in [1.807, 2.05) is 0 Å². The van der Waals surface area contributed by atoms with Crippen LogP contribution in [0.3, 0.4) is 0 Å². The average Bonchev–Trinajstić information content (AvgIpc) is 3.08. The lowest BCUT2D eigenvalue weighted by molar-refractivity contribution is 0.160. The minimum atomic E-state index is 0.669. The summed E-state index contributed by atoms with van der Waals surface area (Å²) in [4.78, 5) is 2.57. The summed E-state index contributed by atoms with van der Waals surface area (Å²) < 4.78 is 8.60. The van der Waals surface area contributed by atoms with Crippen LogP contribution in [-0.2, 0) is 6.54 Å². The molecule has 0 aliphatic carbocycles. The van der Waals surface area contributed by atoms with Crippen LogP contribution in [0.4, 0.5) is 0 Å². The Labute approximate surface area is 173 Å². The second-order valence-corrected chi connectivity index (χ2v) is 8.34. The number of hydrogen-bond acceptors (Lipinski definition) is 3. The molecule has 152 valence electrons. The van der Waals surface area contributed by atoms with Gasteiger partial charge in [-0.2, -0.15) is 0 Å². The highest BCUT2D eigenvalue weighted by molar-refractivity contribution is 6.08. The monoisotopic (exact) mass is 389 g/mol. The van der Waals surface area contributed by atoms with Gasteiger partial charge in [0.2, 0.25) is 0 Å². The zero-order chi connectivity index (χ0) is 19.6. The van der Waals surface area contributed by atoms with Crippen LogP contribution in [0.5, 0.6) is 5.75 Å². The molecular formula is C25H31N3O. The van der Waals surface area contributed by atoms with Crippen LogP contribution in [0.25, 0.3) is 21.8 Å². The highest BCUT2D eigenvalue weighted by Gasteiger charge is 2.28. The number of likely N-dealkylation sites (N-methyl/N-ethyl adjacent to an activating group) is 1. The first kappa shape index (κ1) is 18.7. The lowest BCUT2D eigenvalue weighted by atomic mass is 9.84. The Morgan fingerprint density at radius 2 is 1.90 bits per heavy atom. The molecule has 4 nitrogen and oxygen atoms in total. The Hall–Kier alpha value is -2.30. The van der Waals surface area contributed by atoms with E-state index in [9.17, 15) is 0 Å². The second kappa shape index (κ2) is 8.21. The second-order valence-electron chi connectivity index (χ2n) is 8.34. The van der Waals surface area contributed by atoms with Crippen molar-refractivity contribution >= 4 is 21.8 Å². The van der Waals surface area contributed by atoms with Crippen LogP contribution in [0.2, 0.25) is 0 Å². The lowest BCUT2D eigenvalue weighted by Gasteiger charge is -2.41. The van der Waals surface area contributed by atoms with Gasteiger partial charge in [-0.3, -0.25) is 4.90 Å². The smallest absolute Gasteiger partial charge is 0.121 e. The first-order valence-corrected chi connectivity index (χ1v) is 11.1. The summed E-state index contributed by atoms with van der Waals surface area (Å²) in [6.45, 7) is 9.45. The molecule has 6 rings (SSSR count). The van der Waals surface area contributed by atoms with E-state index in [4.69, 9.17) is 4.74 Å². The van der Waals surface area contributed by atoms with E-state index in [1.54, 1.807) is 5.57 Å². The molecule has 3 saturated heterocycles. The number of fused-ring (bicyclic) bond motifs is 6. The van der Waals surface area contributed by atoms with E-state index >= 15 is 0 Å². The van der Waals surface area contributed by atoms with Crippen molar-refractivity contribution in [2.75, 3.05) is 39.3 Å². The van der Waals surface area contributed by atoms with E-state index in [1.165, 1.54) is 47.7 Å². The van der Waals surface area contributed by atoms with Gasteiger partial charge in [-0.25, -0.2) is 0 Å². The number of rotatable bonds is 7. The Morgan fingerprint density at radius 3 is 2.69 bits per heavy atom. The minimum Gasteiger partial charge on any atom is -0.489 e. The number of aromatic nitrogens is 1. The summed E-state index contributed by atoms with van der Waals surface area (Å²) in [5.74, 6) is 1.75. The van der Waals surface area contributed by atoms with Gasteiger partial charge < -0.3 is 14.6 Å². The first-order chi connectivity index (χ1) is 14.3. The molecule has 3 aromatic rings. The van der Waals surface area contributed by atoms with Crippen molar-refractivity contribution in [3.63, 3.8) is 0 Å². The number of hydrogen-bond donors (Lipinski definition) is 1. The number of ether oxygens (including phenoxy) is 1. The fourth-order valence-electron chi connectivity index (χ4n) is 5.05. The molecule has 0 spiro atoms. The molecule has 1 aromatic heterocycles. The Balaban J connectivity index is 1.39. The number of piperidine rings is 3. The molecule has 29 heavy (non-hydrogen) atoms. The third kappa shape index (κ3) is 3.67. The number of para-hydroxylation sites is 1. The van der Waals surface area contributed by atoms with Crippen LogP contribution in [0.1, 0.15) is 19.8 Å². The van der Waals surface area contributed by atoms with Gasteiger partial charge in [-0.05, 0) is 62.7 Å². The first-order valence-electron chi connectivity index (χ1n) is 11.1. The largest absolute Gasteiger partial charge is 0.489 e. The maximum Gasteiger partial charge on any atom is 0.121 e. The summed E-state index contributed by atoms with van der Waals surface area (Å²) >= 11 is 0. The predicted molar refractivity (Wildman–Crippen MR) is 121 cm³/mol. The van der Waals surface area contributed by atoms with Crippen molar-refractivity contribution in [2.45, 2.75) is 26.3 Å². The quantitative estimate of drug-likeness (QED) is 0.479. The molecule has 0 atom stereocenters. The summed E-state index contributed by atoms with van der Waals surface area (Å²) in [5.41, 5.74) is 4.15. The lowest BCUT2D eigenvalue weighted by Crippen LogP contribution is -2.43. The zero-order valence-electron chi connectivity index (χ0n) is 17.4. The van der Waals surface area contributed by atoms with Gasteiger partial charge in [0.1, 0.15) is 12.4 Å². The third-order valence-corrected chi connectivity index (χ3v) is 6.62. The standard InChI is InChI=1S/C25H31N3O/c1-2-26-12-15-28-24-6-4-3-5-22(24)23-8-7-21(17-25(23)28)29-16-11-20-18-27-13-9-19(20)10-14-27/h3-8,11,17,19,26H,2,9-10,12-16,18H2,1H3/b20-11-. The van der Waals surface area contributed by atoms with Crippen molar-refractivity contribution in [3.05, 3.63) is 54.1 Å². The van der Waals surface area contributed by atoms with E-state index in [2.05, 4.69) is 70.2 Å².